The Balaban J connectivity index is 0.00000150. The number of quaternary nitrogens is 1. The fourth-order valence-corrected chi connectivity index (χ4v) is 3.55. The van der Waals surface area contributed by atoms with Gasteiger partial charge in [0, 0.05) is 18.9 Å². The number of pyridine rings is 1. The number of rotatable bonds is 4. The Hall–Kier alpha value is -2.60. The number of hydrogen-bond donors (Lipinski definition) is 2. The zero-order valence-corrected chi connectivity index (χ0v) is 17.2. The summed E-state index contributed by atoms with van der Waals surface area (Å²) >= 11 is 0. The van der Waals surface area contributed by atoms with Crippen molar-refractivity contribution in [2.75, 3.05) is 0 Å². The molecule has 4 rings (SSSR count). The van der Waals surface area contributed by atoms with Gasteiger partial charge < -0.3 is 40.4 Å². The smallest absolute Gasteiger partial charge is 0.379 e. The number of aromatic nitrogens is 1. The van der Waals surface area contributed by atoms with Gasteiger partial charge in [-0.05, 0) is 41.3 Å². The SMILES string of the molecule is [Cl-].[Cl-].[NH3+]C1(C(=O)O)CCc2ccc(Oc3[nH+]cccc3-c3ccccc3)cc2C1. The van der Waals surface area contributed by atoms with Crippen LogP contribution in [0.25, 0.3) is 11.1 Å². The summed E-state index contributed by atoms with van der Waals surface area (Å²) in [6, 6.07) is 19.9. The molecular formula is C22H22Cl2N2O3. The van der Waals surface area contributed by atoms with Crippen molar-refractivity contribution in [1.82, 2.24) is 0 Å². The molecule has 1 aromatic heterocycles. The Labute approximate surface area is 181 Å². The van der Waals surface area contributed by atoms with Gasteiger partial charge in [-0.2, -0.15) is 4.98 Å². The Kier molecular flexibility index (Phi) is 7.25. The molecule has 5 nitrogen and oxygen atoms in total. The quantitative estimate of drug-likeness (QED) is 0.448. The molecule has 0 radical (unpaired) electrons. The van der Waals surface area contributed by atoms with E-state index in [0.717, 1.165) is 23.1 Å². The third-order valence-electron chi connectivity index (χ3n) is 5.16. The van der Waals surface area contributed by atoms with E-state index in [2.05, 4.69) is 10.7 Å². The molecule has 0 saturated heterocycles. The molecule has 3 aromatic rings. The van der Waals surface area contributed by atoms with E-state index >= 15 is 0 Å². The van der Waals surface area contributed by atoms with Gasteiger partial charge in [0.2, 0.25) is 0 Å². The summed E-state index contributed by atoms with van der Waals surface area (Å²) in [5.74, 6) is 0.490. The summed E-state index contributed by atoms with van der Waals surface area (Å²) in [6.07, 6.45) is 3.52. The molecule has 0 amide bonds. The number of H-pyrrole nitrogens is 1. The molecule has 2 aromatic carbocycles. The first kappa shape index (κ1) is 22.7. The molecule has 0 fully saturated rings. The highest BCUT2D eigenvalue weighted by atomic mass is 35.5. The number of hydrogen-bond acceptors (Lipinski definition) is 2. The first-order valence-electron chi connectivity index (χ1n) is 9.00. The van der Waals surface area contributed by atoms with Crippen LogP contribution in [-0.2, 0) is 17.6 Å². The van der Waals surface area contributed by atoms with Crippen molar-refractivity contribution in [3.63, 3.8) is 0 Å². The van der Waals surface area contributed by atoms with Crippen LogP contribution in [0.1, 0.15) is 17.5 Å². The van der Waals surface area contributed by atoms with Gasteiger partial charge >= 0.3 is 11.8 Å². The van der Waals surface area contributed by atoms with Gasteiger partial charge in [-0.1, -0.05) is 36.4 Å². The lowest BCUT2D eigenvalue weighted by Gasteiger charge is -2.27. The van der Waals surface area contributed by atoms with Crippen molar-refractivity contribution in [3.8, 4) is 22.8 Å². The molecule has 0 bridgehead atoms. The van der Waals surface area contributed by atoms with Crippen molar-refractivity contribution in [2.45, 2.75) is 24.8 Å². The largest absolute Gasteiger partial charge is 1.00 e. The average molecular weight is 433 g/mol. The number of carbonyl (C=O) groups is 1. The van der Waals surface area contributed by atoms with Gasteiger partial charge in [0.1, 0.15) is 5.75 Å². The van der Waals surface area contributed by atoms with E-state index in [4.69, 9.17) is 4.74 Å². The maximum Gasteiger partial charge on any atom is 0.379 e. The second-order valence-electron chi connectivity index (χ2n) is 7.07. The lowest BCUT2D eigenvalue weighted by Crippen LogP contribution is -3.00. The number of aromatic amines is 1. The molecule has 0 saturated carbocycles. The molecule has 0 spiro atoms. The molecule has 5 N–H and O–H groups in total. The van der Waals surface area contributed by atoms with Crippen molar-refractivity contribution in [3.05, 3.63) is 78.0 Å². The number of carboxylic acid groups (broad SMARTS) is 1. The fourth-order valence-electron chi connectivity index (χ4n) is 3.55. The minimum absolute atomic E-state index is 0. The molecule has 1 heterocycles. The highest BCUT2D eigenvalue weighted by Gasteiger charge is 2.41. The molecule has 0 aliphatic heterocycles. The van der Waals surface area contributed by atoms with Gasteiger partial charge in [0.25, 0.3) is 0 Å². The number of fused-ring (bicyclic) bond motifs is 1. The second kappa shape index (κ2) is 9.27. The van der Waals surface area contributed by atoms with Gasteiger partial charge in [0.15, 0.2) is 11.7 Å². The summed E-state index contributed by atoms with van der Waals surface area (Å²) in [6.45, 7) is 0. The lowest BCUT2D eigenvalue weighted by molar-refractivity contribution is -0.464. The summed E-state index contributed by atoms with van der Waals surface area (Å²) in [7, 11) is 0. The minimum atomic E-state index is -0.959. The molecule has 1 atom stereocenters. The van der Waals surface area contributed by atoms with Gasteiger partial charge in [-0.25, -0.2) is 4.79 Å². The average Bonchev–Trinajstić information content (AvgIpc) is 2.69. The van der Waals surface area contributed by atoms with E-state index in [1.807, 2.05) is 66.9 Å². The van der Waals surface area contributed by atoms with Crippen LogP contribution < -0.4 is 40.3 Å². The van der Waals surface area contributed by atoms with Gasteiger partial charge in [0.05, 0.1) is 5.56 Å². The minimum Gasteiger partial charge on any atom is -1.00 e. The topological polar surface area (TPSA) is 88.3 Å². The third-order valence-corrected chi connectivity index (χ3v) is 5.16. The standard InChI is InChI=1S/C22H20N2O3.2ClH/c23-22(21(25)26)11-10-15-8-9-18(13-17(15)14-22)27-20-19(7-4-12-24-20)16-5-2-1-3-6-16;;/h1-9,12-13H,10-11,14,23H2,(H,25,26);2*1H. The van der Waals surface area contributed by atoms with E-state index < -0.39 is 11.5 Å². The highest BCUT2D eigenvalue weighted by molar-refractivity contribution is 5.77. The predicted molar refractivity (Wildman–Crippen MR) is 100 cm³/mol. The van der Waals surface area contributed by atoms with Crippen LogP contribution in [0.4, 0.5) is 0 Å². The number of halogens is 2. The van der Waals surface area contributed by atoms with Crippen molar-refractivity contribution >= 4 is 5.97 Å². The summed E-state index contributed by atoms with van der Waals surface area (Å²) in [4.78, 5) is 14.7. The van der Waals surface area contributed by atoms with Crippen LogP contribution in [-0.4, -0.2) is 16.6 Å². The van der Waals surface area contributed by atoms with E-state index in [1.54, 1.807) is 0 Å². The van der Waals surface area contributed by atoms with E-state index in [-0.39, 0.29) is 24.8 Å². The zero-order chi connectivity index (χ0) is 18.9. The van der Waals surface area contributed by atoms with Crippen LogP contribution in [0.5, 0.6) is 11.6 Å². The normalized spacial score (nSPS) is 17.3. The second-order valence-corrected chi connectivity index (χ2v) is 7.07. The maximum absolute atomic E-state index is 11.6. The van der Waals surface area contributed by atoms with Crippen molar-refractivity contribution < 1.29 is 50.2 Å². The van der Waals surface area contributed by atoms with E-state index in [9.17, 15) is 9.90 Å². The van der Waals surface area contributed by atoms with E-state index in [0.29, 0.717) is 24.5 Å². The zero-order valence-electron chi connectivity index (χ0n) is 15.7. The first-order valence-corrected chi connectivity index (χ1v) is 9.00. The number of aliphatic carboxylic acids is 1. The van der Waals surface area contributed by atoms with Gasteiger partial charge in [-0.3, -0.25) is 0 Å². The Bertz CT molecular complexity index is 998. The van der Waals surface area contributed by atoms with Crippen molar-refractivity contribution in [1.29, 1.82) is 0 Å². The Morgan fingerprint density at radius 1 is 1.03 bits per heavy atom. The van der Waals surface area contributed by atoms with Crippen LogP contribution in [0.15, 0.2) is 66.9 Å². The first-order chi connectivity index (χ1) is 13.0. The Morgan fingerprint density at radius 3 is 2.52 bits per heavy atom. The molecule has 29 heavy (non-hydrogen) atoms. The molecule has 7 heteroatoms. The van der Waals surface area contributed by atoms with Crippen LogP contribution in [0, 0.1) is 0 Å². The number of carboxylic acids is 1. The van der Waals surface area contributed by atoms with Crippen molar-refractivity contribution in [2.24, 2.45) is 0 Å². The van der Waals surface area contributed by atoms with Crippen LogP contribution in [0.2, 0.25) is 0 Å². The van der Waals surface area contributed by atoms with Crippen LogP contribution >= 0.6 is 0 Å². The lowest BCUT2D eigenvalue weighted by atomic mass is 9.78. The number of benzene rings is 2. The third kappa shape index (κ3) is 4.70. The number of nitrogens with one attached hydrogen (secondary N) is 1. The molecular weight excluding hydrogens is 411 g/mol. The summed E-state index contributed by atoms with van der Waals surface area (Å²) < 4.78 is 6.14. The molecule has 1 aliphatic rings. The monoisotopic (exact) mass is 432 g/mol. The maximum atomic E-state index is 11.6. The van der Waals surface area contributed by atoms with E-state index in [1.165, 1.54) is 5.56 Å². The molecule has 1 unspecified atom stereocenters. The van der Waals surface area contributed by atoms with Crippen LogP contribution in [0.3, 0.4) is 0 Å². The molecule has 152 valence electrons. The number of aryl methyl sites for hydroxylation is 1. The Morgan fingerprint density at radius 2 is 1.79 bits per heavy atom. The summed E-state index contributed by atoms with van der Waals surface area (Å²) in [5, 5.41) is 9.49. The predicted octanol–water partition coefficient (Wildman–Crippen LogP) is -3.48. The van der Waals surface area contributed by atoms with Gasteiger partial charge in [-0.15, -0.1) is 0 Å². The summed E-state index contributed by atoms with van der Waals surface area (Å²) in [5.41, 5.74) is 7.18. The highest BCUT2D eigenvalue weighted by Crippen LogP contribution is 2.33. The fraction of sp³-hybridized carbons (Fsp3) is 0.182. The number of ether oxygens (including phenoxy) is 1. The molecule has 1 aliphatic carbocycles.